The molecule has 3 nitrogen and oxygen atoms in total. The molecule has 0 aliphatic heterocycles. The Labute approximate surface area is 103 Å². The normalized spacial score (nSPS) is 10.8. The summed E-state index contributed by atoms with van der Waals surface area (Å²) in [6, 6.07) is 7.75. The van der Waals surface area contributed by atoms with Gasteiger partial charge in [0.05, 0.1) is 6.42 Å². The van der Waals surface area contributed by atoms with Crippen molar-refractivity contribution >= 4 is 5.78 Å². The predicted octanol–water partition coefficient (Wildman–Crippen LogP) is 2.83. The van der Waals surface area contributed by atoms with E-state index in [9.17, 15) is 4.79 Å². The number of ether oxygens (including phenoxy) is 2. The molecule has 17 heavy (non-hydrogen) atoms. The van der Waals surface area contributed by atoms with Crippen LogP contribution in [0.3, 0.4) is 0 Å². The zero-order chi connectivity index (χ0) is 12.7. The van der Waals surface area contributed by atoms with Crippen LogP contribution in [0.1, 0.15) is 35.7 Å². The predicted molar refractivity (Wildman–Crippen MR) is 67.2 cm³/mol. The molecule has 0 bridgehead atoms. The molecule has 0 spiro atoms. The van der Waals surface area contributed by atoms with Gasteiger partial charge in [0.1, 0.15) is 0 Å². The number of hydrogen-bond acceptors (Lipinski definition) is 3. The average Bonchev–Trinajstić information content (AvgIpc) is 2.37. The van der Waals surface area contributed by atoms with E-state index in [1.807, 2.05) is 24.3 Å². The van der Waals surface area contributed by atoms with Crippen LogP contribution in [0.5, 0.6) is 0 Å². The molecule has 0 saturated carbocycles. The summed E-state index contributed by atoms with van der Waals surface area (Å²) in [6.07, 6.45) is 1.95. The largest absolute Gasteiger partial charge is 0.355 e. The minimum atomic E-state index is -0.460. The highest BCUT2D eigenvalue weighted by molar-refractivity contribution is 5.96. The molecule has 0 unspecified atom stereocenters. The van der Waals surface area contributed by atoms with Gasteiger partial charge in [0, 0.05) is 19.8 Å². The molecule has 1 aromatic rings. The van der Waals surface area contributed by atoms with E-state index < -0.39 is 6.29 Å². The summed E-state index contributed by atoms with van der Waals surface area (Å²) in [7, 11) is 3.07. The molecule has 1 rings (SSSR count). The van der Waals surface area contributed by atoms with Crippen LogP contribution in [0.15, 0.2) is 24.3 Å². The van der Waals surface area contributed by atoms with E-state index >= 15 is 0 Å². The first-order valence-corrected chi connectivity index (χ1v) is 5.89. The summed E-state index contributed by atoms with van der Waals surface area (Å²) < 4.78 is 10.0. The third-order valence-electron chi connectivity index (χ3n) is 2.69. The van der Waals surface area contributed by atoms with Crippen molar-refractivity contribution in [2.24, 2.45) is 0 Å². The summed E-state index contributed by atoms with van der Waals surface area (Å²) in [6.45, 7) is 2.14. The lowest BCUT2D eigenvalue weighted by molar-refractivity contribution is -0.0993. The highest BCUT2D eigenvalue weighted by Crippen LogP contribution is 2.11. The molecule has 0 amide bonds. The summed E-state index contributed by atoms with van der Waals surface area (Å²) in [5, 5.41) is 0. The van der Waals surface area contributed by atoms with Crippen molar-refractivity contribution in [1.82, 2.24) is 0 Å². The van der Waals surface area contributed by atoms with Crippen molar-refractivity contribution in [2.75, 3.05) is 14.2 Å². The van der Waals surface area contributed by atoms with Crippen LogP contribution in [0.4, 0.5) is 0 Å². The fraction of sp³-hybridized carbons (Fsp3) is 0.500. The molecular weight excluding hydrogens is 216 g/mol. The van der Waals surface area contributed by atoms with Crippen molar-refractivity contribution in [3.05, 3.63) is 35.4 Å². The third-order valence-corrected chi connectivity index (χ3v) is 2.69. The SMILES string of the molecule is CCCc1ccc(C(=O)CC(OC)OC)cc1. The minimum absolute atomic E-state index is 0.0433. The van der Waals surface area contributed by atoms with Gasteiger partial charge in [0.2, 0.25) is 0 Å². The van der Waals surface area contributed by atoms with Gasteiger partial charge in [-0.25, -0.2) is 0 Å². The first kappa shape index (κ1) is 13.9. The molecule has 0 aromatic heterocycles. The van der Waals surface area contributed by atoms with E-state index in [-0.39, 0.29) is 12.2 Å². The Kier molecular flexibility index (Phi) is 5.87. The van der Waals surface area contributed by atoms with Crippen LogP contribution in [0, 0.1) is 0 Å². The smallest absolute Gasteiger partial charge is 0.167 e. The average molecular weight is 236 g/mol. The molecule has 0 N–H and O–H groups in total. The molecule has 0 saturated heterocycles. The van der Waals surface area contributed by atoms with Gasteiger partial charge < -0.3 is 9.47 Å². The van der Waals surface area contributed by atoms with Crippen molar-refractivity contribution in [1.29, 1.82) is 0 Å². The molecule has 0 aliphatic rings. The van der Waals surface area contributed by atoms with Crippen LogP contribution in [0.2, 0.25) is 0 Å². The van der Waals surface area contributed by atoms with Crippen molar-refractivity contribution < 1.29 is 14.3 Å². The number of rotatable bonds is 7. The van der Waals surface area contributed by atoms with E-state index in [4.69, 9.17) is 9.47 Å². The molecular formula is C14H20O3. The fourth-order valence-corrected chi connectivity index (χ4v) is 1.68. The maximum Gasteiger partial charge on any atom is 0.167 e. The van der Waals surface area contributed by atoms with E-state index in [1.165, 1.54) is 19.8 Å². The van der Waals surface area contributed by atoms with Gasteiger partial charge in [-0.2, -0.15) is 0 Å². The Bertz CT molecular complexity index is 339. The van der Waals surface area contributed by atoms with Gasteiger partial charge in [-0.15, -0.1) is 0 Å². The van der Waals surface area contributed by atoms with Crippen LogP contribution in [-0.2, 0) is 15.9 Å². The Morgan fingerprint density at radius 2 is 1.76 bits per heavy atom. The lowest BCUT2D eigenvalue weighted by atomic mass is 10.0. The summed E-state index contributed by atoms with van der Waals surface area (Å²) in [4.78, 5) is 11.9. The summed E-state index contributed by atoms with van der Waals surface area (Å²) >= 11 is 0. The van der Waals surface area contributed by atoms with Gasteiger partial charge in [0.25, 0.3) is 0 Å². The van der Waals surface area contributed by atoms with Crippen LogP contribution in [-0.4, -0.2) is 26.3 Å². The number of benzene rings is 1. The van der Waals surface area contributed by atoms with E-state index in [0.29, 0.717) is 5.56 Å². The van der Waals surface area contributed by atoms with E-state index in [2.05, 4.69) is 6.92 Å². The minimum Gasteiger partial charge on any atom is -0.355 e. The third kappa shape index (κ3) is 4.29. The van der Waals surface area contributed by atoms with Gasteiger partial charge >= 0.3 is 0 Å². The number of methoxy groups -OCH3 is 2. The number of Topliss-reactive ketones (excluding diaryl/α,β-unsaturated/α-hetero) is 1. The molecule has 0 heterocycles. The Morgan fingerprint density at radius 1 is 1.18 bits per heavy atom. The summed E-state index contributed by atoms with van der Waals surface area (Å²) in [5.74, 6) is 0.0433. The van der Waals surface area contributed by atoms with E-state index in [0.717, 1.165) is 12.8 Å². The zero-order valence-electron chi connectivity index (χ0n) is 10.7. The second-order valence-electron chi connectivity index (χ2n) is 3.98. The molecule has 94 valence electrons. The second-order valence-corrected chi connectivity index (χ2v) is 3.98. The molecule has 0 atom stereocenters. The van der Waals surface area contributed by atoms with Crippen molar-refractivity contribution in [2.45, 2.75) is 32.5 Å². The van der Waals surface area contributed by atoms with E-state index in [1.54, 1.807) is 0 Å². The first-order chi connectivity index (χ1) is 8.21. The summed E-state index contributed by atoms with van der Waals surface area (Å²) in [5.41, 5.74) is 1.98. The zero-order valence-corrected chi connectivity index (χ0v) is 10.7. The first-order valence-electron chi connectivity index (χ1n) is 5.89. The standard InChI is InChI=1S/C14H20O3/c1-4-5-11-6-8-12(9-7-11)13(15)10-14(16-2)17-3/h6-9,14H,4-5,10H2,1-3H3. The molecule has 3 heteroatoms. The highest BCUT2D eigenvalue weighted by Gasteiger charge is 2.13. The molecule has 1 aromatic carbocycles. The Balaban J connectivity index is 2.63. The number of hydrogen-bond donors (Lipinski definition) is 0. The van der Waals surface area contributed by atoms with Gasteiger partial charge in [-0.1, -0.05) is 37.6 Å². The van der Waals surface area contributed by atoms with Gasteiger partial charge in [-0.3, -0.25) is 4.79 Å². The monoisotopic (exact) mass is 236 g/mol. The van der Waals surface area contributed by atoms with Crippen molar-refractivity contribution in [3.8, 4) is 0 Å². The quantitative estimate of drug-likeness (QED) is 0.539. The fourth-order valence-electron chi connectivity index (χ4n) is 1.68. The maximum absolute atomic E-state index is 11.9. The lowest BCUT2D eigenvalue weighted by Crippen LogP contribution is -2.18. The lowest BCUT2D eigenvalue weighted by Gasteiger charge is -2.12. The van der Waals surface area contributed by atoms with Crippen LogP contribution in [0.25, 0.3) is 0 Å². The molecule has 0 aliphatic carbocycles. The highest BCUT2D eigenvalue weighted by atomic mass is 16.7. The number of carbonyl (C=O) groups excluding carboxylic acids is 1. The van der Waals surface area contributed by atoms with Crippen molar-refractivity contribution in [3.63, 3.8) is 0 Å². The Hall–Kier alpha value is -1.19. The van der Waals surface area contributed by atoms with Crippen LogP contribution < -0.4 is 0 Å². The maximum atomic E-state index is 11.9. The Morgan fingerprint density at radius 3 is 2.24 bits per heavy atom. The topological polar surface area (TPSA) is 35.5 Å². The van der Waals surface area contributed by atoms with Crippen LogP contribution >= 0.6 is 0 Å². The molecule has 0 radical (unpaired) electrons. The van der Waals surface area contributed by atoms with Gasteiger partial charge in [-0.05, 0) is 12.0 Å². The second kappa shape index (κ2) is 7.20. The van der Waals surface area contributed by atoms with Gasteiger partial charge in [0.15, 0.2) is 12.1 Å². The number of ketones is 1. The molecule has 0 fully saturated rings. The number of aryl methyl sites for hydroxylation is 1. The number of carbonyl (C=O) groups is 1.